The van der Waals surface area contributed by atoms with Gasteiger partial charge < -0.3 is 11.1 Å². The van der Waals surface area contributed by atoms with Crippen LogP contribution >= 0.6 is 0 Å². The van der Waals surface area contributed by atoms with E-state index in [0.717, 1.165) is 6.29 Å². The van der Waals surface area contributed by atoms with Gasteiger partial charge in [-0.1, -0.05) is 12.1 Å². The fourth-order valence-corrected chi connectivity index (χ4v) is 0.845. The molecule has 0 aliphatic carbocycles. The molecular weight excluding hydrogens is 154 g/mol. The maximum absolute atomic E-state index is 10.3. The Bertz CT molecular complexity index is 309. The Balaban J connectivity index is 2.86. The zero-order chi connectivity index (χ0) is 8.97. The maximum atomic E-state index is 10.3. The molecular formula is C8H9N3O. The lowest BCUT2D eigenvalue weighted by Gasteiger charge is -2.02. The minimum absolute atomic E-state index is 0.141. The summed E-state index contributed by atoms with van der Waals surface area (Å²) in [5.74, 6) is -0.141. The molecule has 0 heterocycles. The third kappa shape index (κ3) is 2.09. The van der Waals surface area contributed by atoms with E-state index < -0.39 is 0 Å². The standard InChI is InChI=1S/C8H9N3O/c9-8(10)11-7-3-1-2-6(4-7)5-12/h1-5H,(H4,9,10,11). The second-order valence-electron chi connectivity index (χ2n) is 2.28. The molecule has 0 fully saturated rings. The van der Waals surface area contributed by atoms with Crippen LogP contribution < -0.4 is 11.1 Å². The van der Waals surface area contributed by atoms with E-state index in [2.05, 4.69) is 5.32 Å². The third-order valence-corrected chi connectivity index (χ3v) is 1.30. The average Bonchev–Trinajstić information content (AvgIpc) is 2.03. The fraction of sp³-hybridized carbons (Fsp3) is 0. The highest BCUT2D eigenvalue weighted by Gasteiger charge is 1.93. The number of carbonyl (C=O) groups is 1. The van der Waals surface area contributed by atoms with Crippen LogP contribution in [0.5, 0.6) is 0 Å². The Hall–Kier alpha value is -1.84. The molecule has 0 radical (unpaired) electrons. The van der Waals surface area contributed by atoms with E-state index in [1.807, 2.05) is 0 Å². The number of hydrogen-bond donors (Lipinski definition) is 3. The molecule has 62 valence electrons. The molecule has 0 spiro atoms. The van der Waals surface area contributed by atoms with Crippen molar-refractivity contribution in [3.63, 3.8) is 0 Å². The minimum atomic E-state index is -0.141. The van der Waals surface area contributed by atoms with E-state index in [0.29, 0.717) is 11.3 Å². The molecule has 4 heteroatoms. The van der Waals surface area contributed by atoms with E-state index >= 15 is 0 Å². The number of nitrogens with two attached hydrogens (primary N) is 1. The lowest BCUT2D eigenvalue weighted by atomic mass is 10.2. The van der Waals surface area contributed by atoms with Crippen LogP contribution in [0.2, 0.25) is 0 Å². The summed E-state index contributed by atoms with van der Waals surface area (Å²) in [6.07, 6.45) is 0.741. The van der Waals surface area contributed by atoms with Crippen molar-refractivity contribution in [1.29, 1.82) is 5.41 Å². The number of rotatable bonds is 2. The second-order valence-corrected chi connectivity index (χ2v) is 2.28. The molecule has 0 saturated heterocycles. The molecule has 1 rings (SSSR count). The van der Waals surface area contributed by atoms with Crippen molar-refractivity contribution >= 4 is 17.9 Å². The molecule has 12 heavy (non-hydrogen) atoms. The highest BCUT2D eigenvalue weighted by molar-refractivity contribution is 5.90. The van der Waals surface area contributed by atoms with Crippen molar-refractivity contribution in [2.24, 2.45) is 5.73 Å². The summed E-state index contributed by atoms with van der Waals surface area (Å²) in [6.45, 7) is 0. The van der Waals surface area contributed by atoms with Crippen LogP contribution in [-0.4, -0.2) is 12.2 Å². The van der Waals surface area contributed by atoms with Gasteiger partial charge in [-0.25, -0.2) is 0 Å². The molecule has 1 aromatic rings. The first-order chi connectivity index (χ1) is 5.72. The predicted octanol–water partition coefficient (Wildman–Crippen LogP) is 0.804. The van der Waals surface area contributed by atoms with Crippen molar-refractivity contribution < 1.29 is 4.79 Å². The van der Waals surface area contributed by atoms with Gasteiger partial charge in [-0.3, -0.25) is 10.2 Å². The summed E-state index contributed by atoms with van der Waals surface area (Å²) in [5.41, 5.74) is 6.30. The Morgan fingerprint density at radius 1 is 1.58 bits per heavy atom. The van der Waals surface area contributed by atoms with Crippen LogP contribution in [0, 0.1) is 5.41 Å². The summed E-state index contributed by atoms with van der Waals surface area (Å²) < 4.78 is 0. The highest BCUT2D eigenvalue weighted by atomic mass is 16.1. The first kappa shape index (κ1) is 8.26. The number of nitrogens with one attached hydrogen (secondary N) is 2. The van der Waals surface area contributed by atoms with E-state index in [9.17, 15) is 4.79 Å². The number of aldehydes is 1. The first-order valence-electron chi connectivity index (χ1n) is 3.38. The van der Waals surface area contributed by atoms with Crippen molar-refractivity contribution in [3.05, 3.63) is 29.8 Å². The summed E-state index contributed by atoms with van der Waals surface area (Å²) >= 11 is 0. The van der Waals surface area contributed by atoms with Crippen LogP contribution in [0.15, 0.2) is 24.3 Å². The SMILES string of the molecule is N=C(N)Nc1cccc(C=O)c1. The van der Waals surface area contributed by atoms with Crippen LogP contribution in [0.1, 0.15) is 10.4 Å². The molecule has 0 aliphatic heterocycles. The molecule has 4 N–H and O–H groups in total. The van der Waals surface area contributed by atoms with Gasteiger partial charge >= 0.3 is 0 Å². The second kappa shape index (κ2) is 3.52. The number of carbonyl (C=O) groups excluding carboxylic acids is 1. The minimum Gasteiger partial charge on any atom is -0.370 e. The monoisotopic (exact) mass is 163 g/mol. The van der Waals surface area contributed by atoms with E-state index in [-0.39, 0.29) is 5.96 Å². The van der Waals surface area contributed by atoms with E-state index in [4.69, 9.17) is 11.1 Å². The molecule has 1 aromatic carbocycles. The maximum Gasteiger partial charge on any atom is 0.190 e. The lowest BCUT2D eigenvalue weighted by Crippen LogP contribution is -2.20. The van der Waals surface area contributed by atoms with Gasteiger partial charge in [-0.15, -0.1) is 0 Å². The van der Waals surface area contributed by atoms with Crippen molar-refractivity contribution in [2.45, 2.75) is 0 Å². The van der Waals surface area contributed by atoms with Gasteiger partial charge in [0.05, 0.1) is 0 Å². The average molecular weight is 163 g/mol. The quantitative estimate of drug-likeness (QED) is 0.343. The highest BCUT2D eigenvalue weighted by Crippen LogP contribution is 2.07. The summed E-state index contributed by atoms with van der Waals surface area (Å²) in [5, 5.41) is 9.52. The summed E-state index contributed by atoms with van der Waals surface area (Å²) in [6, 6.07) is 6.75. The molecule has 4 nitrogen and oxygen atoms in total. The molecule has 0 amide bonds. The Morgan fingerprint density at radius 2 is 2.33 bits per heavy atom. The number of guanidine groups is 1. The zero-order valence-corrected chi connectivity index (χ0v) is 6.37. The molecule has 0 aliphatic rings. The molecule has 0 aromatic heterocycles. The van der Waals surface area contributed by atoms with Gasteiger partial charge in [0, 0.05) is 11.3 Å². The van der Waals surface area contributed by atoms with Crippen molar-refractivity contribution in [2.75, 3.05) is 5.32 Å². The summed E-state index contributed by atoms with van der Waals surface area (Å²) in [7, 11) is 0. The predicted molar refractivity (Wildman–Crippen MR) is 47.4 cm³/mol. The Morgan fingerprint density at radius 3 is 2.92 bits per heavy atom. The van der Waals surface area contributed by atoms with Gasteiger partial charge in [-0.05, 0) is 12.1 Å². The van der Waals surface area contributed by atoms with Crippen LogP contribution in [0.25, 0.3) is 0 Å². The zero-order valence-electron chi connectivity index (χ0n) is 6.37. The van der Waals surface area contributed by atoms with Crippen molar-refractivity contribution in [3.8, 4) is 0 Å². The first-order valence-corrected chi connectivity index (χ1v) is 3.38. The lowest BCUT2D eigenvalue weighted by molar-refractivity contribution is 0.112. The third-order valence-electron chi connectivity index (χ3n) is 1.30. The van der Waals surface area contributed by atoms with Gasteiger partial charge in [-0.2, -0.15) is 0 Å². The van der Waals surface area contributed by atoms with Crippen molar-refractivity contribution in [1.82, 2.24) is 0 Å². The topological polar surface area (TPSA) is 79.0 Å². The van der Waals surface area contributed by atoms with E-state index in [1.54, 1.807) is 24.3 Å². The Kier molecular flexibility index (Phi) is 2.42. The van der Waals surface area contributed by atoms with Gasteiger partial charge in [0.1, 0.15) is 6.29 Å². The number of benzene rings is 1. The van der Waals surface area contributed by atoms with Gasteiger partial charge in [0.15, 0.2) is 5.96 Å². The Labute approximate surface area is 69.9 Å². The largest absolute Gasteiger partial charge is 0.370 e. The molecule has 0 atom stereocenters. The fourth-order valence-electron chi connectivity index (χ4n) is 0.845. The van der Waals surface area contributed by atoms with E-state index in [1.165, 1.54) is 0 Å². The summed E-state index contributed by atoms with van der Waals surface area (Å²) in [4.78, 5) is 10.3. The smallest absolute Gasteiger partial charge is 0.190 e. The van der Waals surface area contributed by atoms with Gasteiger partial charge in [0.25, 0.3) is 0 Å². The number of anilines is 1. The normalized spacial score (nSPS) is 9.00. The molecule has 0 unspecified atom stereocenters. The van der Waals surface area contributed by atoms with Crippen LogP contribution in [-0.2, 0) is 0 Å². The van der Waals surface area contributed by atoms with Crippen LogP contribution in [0.3, 0.4) is 0 Å². The van der Waals surface area contributed by atoms with Crippen LogP contribution in [0.4, 0.5) is 5.69 Å². The number of hydrogen-bond acceptors (Lipinski definition) is 2. The molecule has 0 saturated carbocycles. The van der Waals surface area contributed by atoms with Gasteiger partial charge in [0.2, 0.25) is 0 Å². The molecule has 0 bridgehead atoms.